The monoisotopic (exact) mass is 613 g/mol. The van der Waals surface area contributed by atoms with E-state index in [2.05, 4.69) is 15.4 Å². The van der Waals surface area contributed by atoms with Gasteiger partial charge in [-0.2, -0.15) is 18.3 Å². The molecule has 0 unspecified atom stereocenters. The summed E-state index contributed by atoms with van der Waals surface area (Å²) >= 11 is 0. The molecule has 43 heavy (non-hydrogen) atoms. The SMILES string of the molecule is C.COC(=O)C12CCC(CNC(=O)c3cc(C(=O)O)nc4c(F)cnn34)(CC1)CC2.NCc1ccc(F)c(C(F)(F)F)c1. The van der Waals surface area contributed by atoms with Crippen LogP contribution in [0, 0.1) is 22.5 Å². The van der Waals surface area contributed by atoms with E-state index in [1.165, 1.54) is 13.2 Å². The van der Waals surface area contributed by atoms with Gasteiger partial charge in [-0.05, 0) is 61.6 Å². The number of alkyl halides is 3. The zero-order valence-electron chi connectivity index (χ0n) is 22.4. The number of halogens is 5. The highest BCUT2D eigenvalue weighted by molar-refractivity contribution is 5.96. The van der Waals surface area contributed by atoms with E-state index in [9.17, 15) is 41.4 Å². The molecule has 0 aliphatic heterocycles. The molecule has 2 bridgehead atoms. The fourth-order valence-corrected chi connectivity index (χ4v) is 5.53. The second-order valence-corrected chi connectivity index (χ2v) is 10.5. The molecule has 0 saturated heterocycles. The smallest absolute Gasteiger partial charge is 0.419 e. The van der Waals surface area contributed by atoms with Crippen molar-refractivity contribution in [3.8, 4) is 0 Å². The highest BCUT2D eigenvalue weighted by Gasteiger charge is 2.53. The Balaban J connectivity index is 0.000000306. The standard InChI is InChI=1S/C19H21FN4O5.C8H7F4N.CH4/c1-29-17(28)19-5-2-18(3-6-19,4-7-19)10-21-15(25)13-8-12(16(26)27)23-14-11(20)9-22-24(13)14;9-7-2-1-5(4-13)3-6(7)8(10,11)12;/h8-9H,2-7,10H2,1H3,(H,21,25)(H,26,27);1-3H,4,13H2;1H4. The van der Waals surface area contributed by atoms with Crippen LogP contribution in [0.5, 0.6) is 0 Å². The van der Waals surface area contributed by atoms with E-state index in [0.717, 1.165) is 67.4 Å². The van der Waals surface area contributed by atoms with E-state index in [-0.39, 0.29) is 42.3 Å². The first kappa shape index (κ1) is 33.4. The lowest BCUT2D eigenvalue weighted by molar-refractivity contribution is -0.162. The van der Waals surface area contributed by atoms with Crippen molar-refractivity contribution in [2.75, 3.05) is 13.7 Å². The van der Waals surface area contributed by atoms with Gasteiger partial charge in [0.15, 0.2) is 17.2 Å². The summed E-state index contributed by atoms with van der Waals surface area (Å²) in [7, 11) is 1.41. The van der Waals surface area contributed by atoms with Gasteiger partial charge < -0.3 is 20.9 Å². The van der Waals surface area contributed by atoms with E-state index >= 15 is 0 Å². The first-order valence-electron chi connectivity index (χ1n) is 12.9. The molecule has 0 atom stereocenters. The number of rotatable bonds is 6. The molecule has 6 rings (SSSR count). The predicted octanol–water partition coefficient (Wildman–Crippen LogP) is 4.75. The number of benzene rings is 1. The van der Waals surface area contributed by atoms with Crippen LogP contribution in [0.25, 0.3) is 5.65 Å². The van der Waals surface area contributed by atoms with Gasteiger partial charge in [0.1, 0.15) is 11.5 Å². The number of carboxylic acids is 1. The van der Waals surface area contributed by atoms with Crippen molar-refractivity contribution >= 4 is 23.5 Å². The molecular weight excluding hydrogens is 581 g/mol. The van der Waals surface area contributed by atoms with Crippen molar-refractivity contribution in [1.82, 2.24) is 19.9 Å². The fraction of sp³-hybridized carbons (Fsp3) is 0.464. The van der Waals surface area contributed by atoms with Gasteiger partial charge in [0.25, 0.3) is 5.91 Å². The van der Waals surface area contributed by atoms with Crippen LogP contribution in [0.4, 0.5) is 22.0 Å². The normalized spacial score (nSPS) is 20.9. The number of fused-ring (bicyclic) bond motifs is 4. The molecule has 15 heteroatoms. The number of nitrogens with zero attached hydrogens (tertiary/aromatic N) is 3. The topological polar surface area (TPSA) is 149 Å². The Kier molecular flexibility index (Phi) is 9.79. The molecule has 0 spiro atoms. The van der Waals surface area contributed by atoms with E-state index in [1.54, 1.807) is 0 Å². The number of aromatic carboxylic acids is 1. The minimum atomic E-state index is -4.66. The molecular formula is C28H32F5N5O5. The van der Waals surface area contributed by atoms with Crippen LogP contribution < -0.4 is 11.1 Å². The van der Waals surface area contributed by atoms with Gasteiger partial charge in [-0.3, -0.25) is 9.59 Å². The summed E-state index contributed by atoms with van der Waals surface area (Å²) in [6, 6.07) is 3.80. The highest BCUT2D eigenvalue weighted by atomic mass is 19.4. The van der Waals surface area contributed by atoms with E-state index in [1.807, 2.05) is 0 Å². The number of ether oxygens (including phenoxy) is 1. The number of amides is 1. The lowest BCUT2D eigenvalue weighted by Gasteiger charge is -2.51. The van der Waals surface area contributed by atoms with E-state index < -0.39 is 46.4 Å². The van der Waals surface area contributed by atoms with Gasteiger partial charge in [0, 0.05) is 19.2 Å². The number of hydrogen-bond donors (Lipinski definition) is 3. The first-order chi connectivity index (χ1) is 19.7. The predicted molar refractivity (Wildman–Crippen MR) is 143 cm³/mol. The molecule has 10 nitrogen and oxygen atoms in total. The highest BCUT2D eigenvalue weighted by Crippen LogP contribution is 2.57. The number of carboxylic acid groups (broad SMARTS) is 1. The number of nitrogens with one attached hydrogen (secondary N) is 1. The summed E-state index contributed by atoms with van der Waals surface area (Å²) < 4.78 is 68.7. The van der Waals surface area contributed by atoms with Crippen LogP contribution >= 0.6 is 0 Å². The number of methoxy groups -OCH3 is 1. The molecule has 1 amide bonds. The van der Waals surface area contributed by atoms with E-state index in [0.29, 0.717) is 6.54 Å². The van der Waals surface area contributed by atoms with E-state index in [4.69, 9.17) is 10.5 Å². The number of esters is 1. The Morgan fingerprint density at radius 1 is 1.07 bits per heavy atom. The van der Waals surface area contributed by atoms with Gasteiger partial charge in [0.05, 0.1) is 24.3 Å². The van der Waals surface area contributed by atoms with Crippen molar-refractivity contribution in [3.05, 3.63) is 64.6 Å². The second kappa shape index (κ2) is 12.6. The van der Waals surface area contributed by atoms with Gasteiger partial charge in [-0.1, -0.05) is 13.5 Å². The number of nitrogens with two attached hydrogens (primary N) is 1. The van der Waals surface area contributed by atoms with Crippen LogP contribution in [-0.4, -0.2) is 51.2 Å². The second-order valence-electron chi connectivity index (χ2n) is 10.5. The molecule has 3 fully saturated rings. The quantitative estimate of drug-likeness (QED) is 0.267. The summed E-state index contributed by atoms with van der Waals surface area (Å²) in [5, 5.41) is 15.8. The summed E-state index contributed by atoms with van der Waals surface area (Å²) in [6.07, 6.45) is 0.793. The van der Waals surface area contributed by atoms with Crippen LogP contribution in [0.2, 0.25) is 0 Å². The van der Waals surface area contributed by atoms with Crippen molar-refractivity contribution in [3.63, 3.8) is 0 Å². The Labute approximate surface area is 243 Å². The fourth-order valence-electron chi connectivity index (χ4n) is 5.53. The van der Waals surface area contributed by atoms with Crippen LogP contribution in [0.15, 0.2) is 30.5 Å². The average molecular weight is 614 g/mol. The first-order valence-corrected chi connectivity index (χ1v) is 12.9. The summed E-state index contributed by atoms with van der Waals surface area (Å²) in [4.78, 5) is 39.9. The maximum Gasteiger partial charge on any atom is 0.419 e. The molecule has 234 valence electrons. The van der Waals surface area contributed by atoms with Crippen molar-refractivity contribution in [2.24, 2.45) is 16.6 Å². The Bertz CT molecular complexity index is 1500. The third kappa shape index (κ3) is 6.76. The Morgan fingerprint density at radius 2 is 1.70 bits per heavy atom. The van der Waals surface area contributed by atoms with Crippen LogP contribution in [-0.2, 0) is 22.3 Å². The zero-order chi connectivity index (χ0) is 30.9. The van der Waals surface area contributed by atoms with Crippen molar-refractivity contribution in [2.45, 2.75) is 58.7 Å². The minimum absolute atomic E-state index is 0. The molecule has 3 aromatic rings. The number of aromatic nitrogens is 3. The minimum Gasteiger partial charge on any atom is -0.477 e. The molecule has 2 aromatic heterocycles. The molecule has 3 aliphatic rings. The Hall–Kier alpha value is -4.14. The summed E-state index contributed by atoms with van der Waals surface area (Å²) in [5.74, 6) is -4.15. The Morgan fingerprint density at radius 3 is 2.23 bits per heavy atom. The molecule has 2 heterocycles. The molecule has 3 saturated carbocycles. The summed E-state index contributed by atoms with van der Waals surface area (Å²) in [6.45, 7) is 0.350. The average Bonchev–Trinajstić information content (AvgIpc) is 3.36. The maximum atomic E-state index is 13.9. The maximum absolute atomic E-state index is 13.9. The van der Waals surface area contributed by atoms with Crippen molar-refractivity contribution < 1.29 is 46.2 Å². The van der Waals surface area contributed by atoms with Gasteiger partial charge >= 0.3 is 18.1 Å². The van der Waals surface area contributed by atoms with Gasteiger partial charge in [0.2, 0.25) is 0 Å². The lowest BCUT2D eigenvalue weighted by Crippen LogP contribution is -2.50. The number of carbonyl (C=O) groups excluding carboxylic acids is 2. The molecule has 4 N–H and O–H groups in total. The van der Waals surface area contributed by atoms with Crippen LogP contribution in [0.1, 0.15) is 78.1 Å². The molecule has 1 aromatic carbocycles. The number of carbonyl (C=O) groups is 3. The summed E-state index contributed by atoms with van der Waals surface area (Å²) in [5.41, 5.74) is 2.76. The third-order valence-electron chi connectivity index (χ3n) is 8.10. The van der Waals surface area contributed by atoms with Crippen molar-refractivity contribution in [1.29, 1.82) is 0 Å². The molecule has 3 aliphatic carbocycles. The zero-order valence-corrected chi connectivity index (χ0v) is 22.4. The third-order valence-corrected chi connectivity index (χ3v) is 8.10. The van der Waals surface area contributed by atoms with Gasteiger partial charge in [-0.25, -0.2) is 23.1 Å². The lowest BCUT2D eigenvalue weighted by atomic mass is 9.53. The molecule has 0 radical (unpaired) electrons. The number of hydrogen-bond acceptors (Lipinski definition) is 7. The van der Waals surface area contributed by atoms with Crippen LogP contribution in [0.3, 0.4) is 0 Å². The van der Waals surface area contributed by atoms with Gasteiger partial charge in [-0.15, -0.1) is 0 Å². The largest absolute Gasteiger partial charge is 0.477 e.